The van der Waals surface area contributed by atoms with Crippen LogP contribution < -0.4 is 14.8 Å². The first kappa shape index (κ1) is 23.7. The van der Waals surface area contributed by atoms with E-state index in [-0.39, 0.29) is 11.4 Å². The van der Waals surface area contributed by atoms with Crippen LogP contribution in [0.3, 0.4) is 0 Å². The molecule has 0 spiro atoms. The third-order valence-corrected chi connectivity index (χ3v) is 4.22. The Morgan fingerprint density at radius 2 is 2.03 bits per heavy atom. The molecule has 1 atom stereocenters. The van der Waals surface area contributed by atoms with Crippen LogP contribution in [0.25, 0.3) is 6.08 Å². The average molecular weight is 449 g/mol. The summed E-state index contributed by atoms with van der Waals surface area (Å²) < 4.78 is 15.8. The summed E-state index contributed by atoms with van der Waals surface area (Å²) in [5.74, 6) is -0.579. The number of halogens is 1. The van der Waals surface area contributed by atoms with E-state index in [1.54, 1.807) is 12.1 Å². The summed E-state index contributed by atoms with van der Waals surface area (Å²) in [5.41, 5.74) is 0.615. The SMILES string of the molecule is CCOc1cc(/C=C/C(=O)OC(C)C(=O)Nc2cccc([N+](=O)[O-])c2)cc(Cl)c1OC. The van der Waals surface area contributed by atoms with Gasteiger partial charge in [0.1, 0.15) is 0 Å². The van der Waals surface area contributed by atoms with Gasteiger partial charge in [0.05, 0.1) is 23.7 Å². The largest absolute Gasteiger partial charge is 0.491 e. The van der Waals surface area contributed by atoms with E-state index in [9.17, 15) is 19.7 Å². The number of nitrogens with zero attached hydrogens (tertiary/aromatic N) is 1. The Balaban J connectivity index is 2.01. The summed E-state index contributed by atoms with van der Waals surface area (Å²) in [6.07, 6.45) is 1.47. The Bertz CT molecular complexity index is 1010. The van der Waals surface area contributed by atoms with Gasteiger partial charge in [-0.3, -0.25) is 14.9 Å². The topological polar surface area (TPSA) is 117 Å². The maximum atomic E-state index is 12.2. The zero-order valence-electron chi connectivity index (χ0n) is 17.1. The molecule has 0 aliphatic heterocycles. The molecule has 10 heteroatoms. The van der Waals surface area contributed by atoms with Crippen molar-refractivity contribution in [2.24, 2.45) is 0 Å². The smallest absolute Gasteiger partial charge is 0.331 e. The van der Waals surface area contributed by atoms with Crippen LogP contribution in [0.15, 0.2) is 42.5 Å². The number of nitro benzene ring substituents is 1. The van der Waals surface area contributed by atoms with E-state index >= 15 is 0 Å². The molecule has 2 aromatic rings. The number of carbonyl (C=O) groups is 2. The van der Waals surface area contributed by atoms with Crippen molar-refractivity contribution in [2.45, 2.75) is 20.0 Å². The Kier molecular flexibility index (Phi) is 8.39. The second-order valence-electron chi connectivity index (χ2n) is 6.18. The van der Waals surface area contributed by atoms with Gasteiger partial charge in [0.15, 0.2) is 17.6 Å². The number of nitrogens with one attached hydrogen (secondary N) is 1. The van der Waals surface area contributed by atoms with Crippen molar-refractivity contribution in [1.29, 1.82) is 0 Å². The fourth-order valence-corrected chi connectivity index (χ4v) is 2.81. The minimum Gasteiger partial charge on any atom is -0.491 e. The lowest BCUT2D eigenvalue weighted by atomic mass is 10.2. The van der Waals surface area contributed by atoms with Crippen LogP contribution in [0.5, 0.6) is 11.5 Å². The van der Waals surface area contributed by atoms with Gasteiger partial charge in [-0.15, -0.1) is 0 Å². The Labute approximate surface area is 183 Å². The zero-order valence-corrected chi connectivity index (χ0v) is 17.8. The lowest BCUT2D eigenvalue weighted by molar-refractivity contribution is -0.384. The summed E-state index contributed by atoms with van der Waals surface area (Å²) in [4.78, 5) is 34.5. The van der Waals surface area contributed by atoms with Gasteiger partial charge in [-0.2, -0.15) is 0 Å². The first-order valence-electron chi connectivity index (χ1n) is 9.19. The number of amides is 1. The molecule has 0 saturated heterocycles. The molecule has 1 unspecified atom stereocenters. The molecular weight excluding hydrogens is 428 g/mol. The van der Waals surface area contributed by atoms with Crippen LogP contribution in [-0.2, 0) is 14.3 Å². The molecule has 0 aliphatic rings. The number of ether oxygens (including phenoxy) is 3. The molecule has 0 aliphatic carbocycles. The number of non-ortho nitro benzene ring substituents is 1. The summed E-state index contributed by atoms with van der Waals surface area (Å²) in [6.45, 7) is 3.60. The van der Waals surface area contributed by atoms with Gasteiger partial charge in [-0.1, -0.05) is 17.7 Å². The van der Waals surface area contributed by atoms with Gasteiger partial charge < -0.3 is 19.5 Å². The summed E-state index contributed by atoms with van der Waals surface area (Å²) in [5, 5.41) is 13.6. The Hall–Kier alpha value is -3.59. The first-order valence-corrected chi connectivity index (χ1v) is 9.57. The maximum absolute atomic E-state index is 12.2. The molecule has 31 heavy (non-hydrogen) atoms. The minimum atomic E-state index is -1.13. The van der Waals surface area contributed by atoms with E-state index in [2.05, 4.69) is 5.32 Å². The fraction of sp³-hybridized carbons (Fsp3) is 0.238. The van der Waals surface area contributed by atoms with Crippen LogP contribution in [0.1, 0.15) is 19.4 Å². The van der Waals surface area contributed by atoms with Gasteiger partial charge in [0.2, 0.25) is 0 Å². The standard InChI is InChI=1S/C21H21ClN2O7/c1-4-30-18-11-14(10-17(22)20(18)29-3)8-9-19(25)31-13(2)21(26)23-15-6-5-7-16(12-15)24(27)28/h5-13H,4H2,1-3H3,(H,23,26)/b9-8+. The fourth-order valence-electron chi connectivity index (χ4n) is 2.52. The maximum Gasteiger partial charge on any atom is 0.331 e. The number of anilines is 1. The molecule has 0 aromatic heterocycles. The summed E-state index contributed by atoms with van der Waals surface area (Å²) in [6, 6.07) is 8.66. The lowest BCUT2D eigenvalue weighted by Crippen LogP contribution is -2.29. The molecule has 0 heterocycles. The van der Waals surface area contributed by atoms with Crippen LogP contribution in [0.4, 0.5) is 11.4 Å². The van der Waals surface area contributed by atoms with E-state index in [0.717, 1.165) is 6.08 Å². The average Bonchev–Trinajstić information content (AvgIpc) is 2.72. The van der Waals surface area contributed by atoms with Crippen molar-refractivity contribution in [3.05, 3.63) is 63.2 Å². The molecule has 0 radical (unpaired) electrons. The molecule has 164 valence electrons. The molecule has 0 saturated carbocycles. The predicted octanol–water partition coefficient (Wildman–Crippen LogP) is 4.24. The van der Waals surface area contributed by atoms with Crippen molar-refractivity contribution in [3.8, 4) is 11.5 Å². The lowest BCUT2D eigenvalue weighted by Gasteiger charge is -2.13. The minimum absolute atomic E-state index is 0.171. The summed E-state index contributed by atoms with van der Waals surface area (Å²) >= 11 is 6.17. The number of benzene rings is 2. The van der Waals surface area contributed by atoms with Crippen molar-refractivity contribution >= 4 is 40.9 Å². The van der Waals surface area contributed by atoms with Crippen molar-refractivity contribution < 1.29 is 28.7 Å². The number of carbonyl (C=O) groups excluding carboxylic acids is 2. The Morgan fingerprint density at radius 3 is 2.68 bits per heavy atom. The first-order chi connectivity index (χ1) is 14.7. The Morgan fingerprint density at radius 1 is 1.29 bits per heavy atom. The number of hydrogen-bond donors (Lipinski definition) is 1. The quantitative estimate of drug-likeness (QED) is 0.264. The molecule has 1 amide bonds. The van der Waals surface area contributed by atoms with E-state index in [4.69, 9.17) is 25.8 Å². The van der Waals surface area contributed by atoms with Crippen LogP contribution >= 0.6 is 11.6 Å². The molecule has 0 bridgehead atoms. The van der Waals surface area contributed by atoms with Gasteiger partial charge in [-0.25, -0.2) is 4.79 Å². The normalized spacial score (nSPS) is 11.6. The molecule has 2 rings (SSSR count). The van der Waals surface area contributed by atoms with E-state index in [0.29, 0.717) is 28.7 Å². The molecule has 0 fully saturated rings. The van der Waals surface area contributed by atoms with Gasteiger partial charge in [0.25, 0.3) is 11.6 Å². The number of esters is 1. The highest BCUT2D eigenvalue weighted by atomic mass is 35.5. The third kappa shape index (κ3) is 6.71. The number of hydrogen-bond acceptors (Lipinski definition) is 7. The number of methoxy groups -OCH3 is 1. The second-order valence-corrected chi connectivity index (χ2v) is 6.58. The molecule has 9 nitrogen and oxygen atoms in total. The van der Waals surface area contributed by atoms with Crippen LogP contribution in [0, 0.1) is 10.1 Å². The van der Waals surface area contributed by atoms with Crippen LogP contribution in [0.2, 0.25) is 5.02 Å². The summed E-state index contributed by atoms with van der Waals surface area (Å²) in [7, 11) is 1.47. The number of nitro groups is 1. The zero-order chi connectivity index (χ0) is 23.0. The predicted molar refractivity (Wildman–Crippen MR) is 115 cm³/mol. The third-order valence-electron chi connectivity index (χ3n) is 3.93. The van der Waals surface area contributed by atoms with E-state index in [1.165, 1.54) is 44.4 Å². The highest BCUT2D eigenvalue weighted by Gasteiger charge is 2.18. The van der Waals surface area contributed by atoms with Crippen molar-refractivity contribution in [2.75, 3.05) is 19.0 Å². The van der Waals surface area contributed by atoms with Gasteiger partial charge in [0, 0.05) is 23.9 Å². The molecule has 2 aromatic carbocycles. The van der Waals surface area contributed by atoms with Crippen molar-refractivity contribution in [1.82, 2.24) is 0 Å². The highest BCUT2D eigenvalue weighted by molar-refractivity contribution is 6.32. The van der Waals surface area contributed by atoms with Crippen LogP contribution in [-0.4, -0.2) is 36.6 Å². The molecule has 1 N–H and O–H groups in total. The van der Waals surface area contributed by atoms with Crippen molar-refractivity contribution in [3.63, 3.8) is 0 Å². The monoisotopic (exact) mass is 448 g/mol. The number of rotatable bonds is 9. The van der Waals surface area contributed by atoms with Gasteiger partial charge >= 0.3 is 5.97 Å². The second kappa shape index (κ2) is 11.0. The van der Waals surface area contributed by atoms with E-state index < -0.39 is 22.9 Å². The molecular formula is C21H21ClN2O7. The van der Waals surface area contributed by atoms with Gasteiger partial charge in [-0.05, 0) is 43.7 Å². The van der Waals surface area contributed by atoms with E-state index in [1.807, 2.05) is 6.92 Å². The highest BCUT2D eigenvalue weighted by Crippen LogP contribution is 2.36.